The van der Waals surface area contributed by atoms with Crippen molar-refractivity contribution in [3.05, 3.63) is 176 Å². The lowest BCUT2D eigenvalue weighted by molar-refractivity contribution is 1.08. The summed E-state index contributed by atoms with van der Waals surface area (Å²) in [5.74, 6) is 1.96. The van der Waals surface area contributed by atoms with E-state index in [0.717, 1.165) is 33.0 Å². The lowest BCUT2D eigenvalue weighted by Crippen LogP contribution is -2.49. The van der Waals surface area contributed by atoms with Crippen molar-refractivity contribution in [2.24, 2.45) is 0 Å². The van der Waals surface area contributed by atoms with Crippen molar-refractivity contribution in [3.63, 3.8) is 0 Å². The summed E-state index contributed by atoms with van der Waals surface area (Å²) in [5, 5.41) is 7.63. The first-order chi connectivity index (χ1) is 26.1. The molecule has 4 heteroatoms. The van der Waals surface area contributed by atoms with Crippen molar-refractivity contribution in [2.75, 3.05) is 0 Å². The number of rotatable bonds is 5. The molecule has 0 atom stereocenters. The Morgan fingerprint density at radius 2 is 0.717 bits per heavy atom. The van der Waals surface area contributed by atoms with E-state index in [9.17, 15) is 0 Å². The van der Waals surface area contributed by atoms with Crippen molar-refractivity contribution in [1.29, 1.82) is 0 Å². The minimum Gasteiger partial charge on any atom is -0.208 e. The van der Waals surface area contributed by atoms with E-state index >= 15 is 0 Å². The summed E-state index contributed by atoms with van der Waals surface area (Å²) in [6, 6.07) is 62.8. The summed E-state index contributed by atoms with van der Waals surface area (Å²) in [4.78, 5) is 15.6. The Balaban J connectivity index is 1.24. The van der Waals surface area contributed by atoms with E-state index in [2.05, 4.69) is 165 Å². The second-order valence-electron chi connectivity index (χ2n) is 14.4. The Hall–Kier alpha value is -6.49. The number of benzene rings is 8. The molecule has 8 aromatic carbocycles. The van der Waals surface area contributed by atoms with E-state index in [-0.39, 0.29) is 0 Å². The number of nitrogens with zero attached hydrogens (tertiary/aromatic N) is 3. The van der Waals surface area contributed by atoms with Crippen molar-refractivity contribution in [3.8, 4) is 67.5 Å². The van der Waals surface area contributed by atoms with Crippen LogP contribution >= 0.6 is 0 Å². The molecule has 0 unspecified atom stereocenters. The first kappa shape index (κ1) is 31.3. The normalized spacial score (nSPS) is 12.9. The molecule has 10 rings (SSSR count). The van der Waals surface area contributed by atoms with Gasteiger partial charge in [0.2, 0.25) is 0 Å². The van der Waals surface area contributed by atoms with E-state index < -0.39 is 8.07 Å². The molecule has 3 nitrogen and oxygen atoms in total. The smallest absolute Gasteiger partial charge is 0.165 e. The van der Waals surface area contributed by atoms with Gasteiger partial charge in [-0.2, -0.15) is 0 Å². The van der Waals surface area contributed by atoms with Gasteiger partial charge in [-0.05, 0) is 65.3 Å². The molecule has 0 aliphatic carbocycles. The van der Waals surface area contributed by atoms with Gasteiger partial charge in [-0.15, -0.1) is 0 Å². The van der Waals surface area contributed by atoms with Crippen LogP contribution < -0.4 is 10.4 Å². The SMILES string of the molecule is C[Si]1(C)c2ccccc2-c2c(-c3c4ccccc4c(-c4nc(-c5ccccc5)nc(-c5ccc(-c6ccccc6)cc5)n4)c4ccccc34)cccc21. The summed E-state index contributed by atoms with van der Waals surface area (Å²) in [6.07, 6.45) is 0. The first-order valence-corrected chi connectivity index (χ1v) is 21.2. The Labute approximate surface area is 310 Å². The van der Waals surface area contributed by atoms with Gasteiger partial charge in [-0.3, -0.25) is 0 Å². The molecule has 1 aromatic heterocycles. The molecule has 0 spiro atoms. The van der Waals surface area contributed by atoms with Gasteiger partial charge in [0, 0.05) is 16.7 Å². The molecule has 0 saturated heterocycles. The van der Waals surface area contributed by atoms with Gasteiger partial charge in [0.25, 0.3) is 0 Å². The van der Waals surface area contributed by atoms with Crippen molar-refractivity contribution < 1.29 is 0 Å². The Kier molecular flexibility index (Phi) is 7.27. The van der Waals surface area contributed by atoms with Gasteiger partial charge >= 0.3 is 0 Å². The number of fused-ring (bicyclic) bond motifs is 5. The largest absolute Gasteiger partial charge is 0.208 e. The zero-order valence-corrected chi connectivity index (χ0v) is 30.6. The fraction of sp³-hybridized carbons (Fsp3) is 0.0408. The highest BCUT2D eigenvalue weighted by atomic mass is 28.3. The molecular weight excluding hydrogens is 659 g/mol. The summed E-state index contributed by atoms with van der Waals surface area (Å²) in [6.45, 7) is 4.97. The fourth-order valence-corrected chi connectivity index (χ4v) is 11.5. The zero-order chi connectivity index (χ0) is 35.5. The van der Waals surface area contributed by atoms with Crippen LogP contribution in [0.1, 0.15) is 0 Å². The van der Waals surface area contributed by atoms with Crippen LogP contribution in [-0.2, 0) is 0 Å². The maximum Gasteiger partial charge on any atom is 0.165 e. The lowest BCUT2D eigenvalue weighted by atomic mass is 9.85. The Morgan fingerprint density at radius 3 is 1.34 bits per heavy atom. The molecule has 0 fully saturated rings. The van der Waals surface area contributed by atoms with Gasteiger partial charge in [0.15, 0.2) is 17.5 Å². The molecule has 250 valence electrons. The van der Waals surface area contributed by atoms with Gasteiger partial charge < -0.3 is 0 Å². The van der Waals surface area contributed by atoms with Gasteiger partial charge in [-0.25, -0.2) is 15.0 Å². The van der Waals surface area contributed by atoms with Crippen LogP contribution in [0.2, 0.25) is 13.1 Å². The van der Waals surface area contributed by atoms with Crippen LogP contribution in [-0.4, -0.2) is 23.0 Å². The molecule has 0 bridgehead atoms. The quantitative estimate of drug-likeness (QED) is 0.133. The Bertz CT molecular complexity index is 2790. The van der Waals surface area contributed by atoms with Crippen LogP contribution in [0.25, 0.3) is 89.1 Å². The molecule has 53 heavy (non-hydrogen) atoms. The maximum atomic E-state index is 5.29. The Morgan fingerprint density at radius 1 is 0.302 bits per heavy atom. The third-order valence-corrected chi connectivity index (χ3v) is 14.5. The zero-order valence-electron chi connectivity index (χ0n) is 29.6. The van der Waals surface area contributed by atoms with E-state index in [0.29, 0.717) is 17.5 Å². The minimum absolute atomic E-state index is 0.648. The molecule has 0 radical (unpaired) electrons. The molecule has 2 heterocycles. The number of aromatic nitrogens is 3. The summed E-state index contributed by atoms with van der Waals surface area (Å²) < 4.78 is 0. The van der Waals surface area contributed by atoms with Gasteiger partial charge in [-0.1, -0.05) is 189 Å². The average Bonchev–Trinajstić information content (AvgIpc) is 3.46. The molecule has 0 amide bonds. The van der Waals surface area contributed by atoms with Crippen molar-refractivity contribution in [1.82, 2.24) is 15.0 Å². The highest BCUT2D eigenvalue weighted by Gasteiger charge is 2.38. The first-order valence-electron chi connectivity index (χ1n) is 18.2. The fourth-order valence-electron chi connectivity index (χ4n) is 8.40. The standard InChI is InChI=1S/C49H35N3Si/c1-53(2)42-26-14-13-24-40(42)45-41(25-15-27-43(45)53)44-36-20-9-11-22-38(36)46(39-23-12-10-21-37(39)44)49-51-47(34-18-7-4-8-19-34)50-48(52-49)35-30-28-33(29-31-35)32-16-5-3-6-17-32/h3-31H,1-2H3. The average molecular weight is 694 g/mol. The minimum atomic E-state index is -1.87. The topological polar surface area (TPSA) is 38.7 Å². The monoisotopic (exact) mass is 693 g/mol. The van der Waals surface area contributed by atoms with Crippen LogP contribution in [0.15, 0.2) is 176 Å². The van der Waals surface area contributed by atoms with E-state index in [4.69, 9.17) is 15.0 Å². The van der Waals surface area contributed by atoms with E-state index in [1.54, 1.807) is 0 Å². The van der Waals surface area contributed by atoms with Gasteiger partial charge in [0.05, 0.1) is 0 Å². The van der Waals surface area contributed by atoms with Crippen LogP contribution in [0.5, 0.6) is 0 Å². The molecule has 0 saturated carbocycles. The second kappa shape index (κ2) is 12.3. The molecule has 1 aliphatic rings. The van der Waals surface area contributed by atoms with Crippen molar-refractivity contribution >= 4 is 40.0 Å². The molecular formula is C49H35N3Si. The maximum absolute atomic E-state index is 5.29. The third kappa shape index (κ3) is 5.06. The van der Waals surface area contributed by atoms with Crippen LogP contribution in [0, 0.1) is 0 Å². The van der Waals surface area contributed by atoms with Gasteiger partial charge in [0.1, 0.15) is 8.07 Å². The van der Waals surface area contributed by atoms with E-state index in [1.165, 1.54) is 49.0 Å². The molecule has 9 aromatic rings. The summed E-state index contributed by atoms with van der Waals surface area (Å²) in [7, 11) is -1.87. The van der Waals surface area contributed by atoms with Crippen LogP contribution in [0.4, 0.5) is 0 Å². The highest BCUT2D eigenvalue weighted by Crippen LogP contribution is 2.46. The second-order valence-corrected chi connectivity index (χ2v) is 18.7. The number of hydrogen-bond acceptors (Lipinski definition) is 3. The summed E-state index contributed by atoms with van der Waals surface area (Å²) in [5.41, 5.74) is 10.5. The summed E-state index contributed by atoms with van der Waals surface area (Å²) >= 11 is 0. The highest BCUT2D eigenvalue weighted by molar-refractivity contribution is 7.04. The predicted octanol–water partition coefficient (Wildman–Crippen LogP) is 11.3. The molecule has 0 N–H and O–H groups in total. The third-order valence-electron chi connectivity index (χ3n) is 10.9. The van der Waals surface area contributed by atoms with Crippen LogP contribution in [0.3, 0.4) is 0 Å². The number of hydrogen-bond donors (Lipinski definition) is 0. The van der Waals surface area contributed by atoms with E-state index in [1.807, 2.05) is 24.3 Å². The van der Waals surface area contributed by atoms with Crippen molar-refractivity contribution in [2.45, 2.75) is 13.1 Å². The predicted molar refractivity (Wildman–Crippen MR) is 224 cm³/mol. The lowest BCUT2D eigenvalue weighted by Gasteiger charge is -2.21. The molecule has 1 aliphatic heterocycles.